The average Bonchev–Trinajstić information content (AvgIpc) is 2.87. The second kappa shape index (κ2) is 4.77. The van der Waals surface area contributed by atoms with Gasteiger partial charge in [0.05, 0.1) is 0 Å². The first-order chi connectivity index (χ1) is 9.31. The van der Waals surface area contributed by atoms with E-state index in [9.17, 15) is 0 Å². The maximum atomic E-state index is 4.01. The quantitative estimate of drug-likeness (QED) is 0.640. The van der Waals surface area contributed by atoms with Crippen molar-refractivity contribution in [1.29, 1.82) is 0 Å². The fraction of sp³-hybridized carbons (Fsp3) is 0.111. The summed E-state index contributed by atoms with van der Waals surface area (Å²) in [5.74, 6) is 0.233. The predicted molar refractivity (Wildman–Crippen MR) is 81.5 cm³/mol. The molecule has 1 N–H and O–H groups in total. The van der Waals surface area contributed by atoms with Crippen molar-refractivity contribution < 1.29 is 0 Å². The number of hydrogen-bond donors (Lipinski definition) is 1. The van der Waals surface area contributed by atoms with Gasteiger partial charge in [-0.2, -0.15) is 0 Å². The Bertz CT molecular complexity index is 707. The van der Waals surface area contributed by atoms with E-state index in [4.69, 9.17) is 0 Å². The Labute approximate surface area is 113 Å². The Kier molecular flexibility index (Phi) is 2.96. The first-order valence-electron chi connectivity index (χ1n) is 6.55. The molecule has 1 heteroatoms. The molecule has 2 aromatic carbocycles. The monoisotopic (exact) mass is 247 g/mol. The van der Waals surface area contributed by atoms with Gasteiger partial charge < -0.3 is 4.98 Å². The molecular weight excluding hydrogens is 230 g/mol. The van der Waals surface area contributed by atoms with E-state index in [0.717, 1.165) is 0 Å². The summed E-state index contributed by atoms with van der Waals surface area (Å²) in [6, 6.07) is 16.9. The predicted octanol–water partition coefficient (Wildman–Crippen LogP) is 4.79. The highest BCUT2D eigenvalue weighted by Gasteiger charge is 2.15. The summed E-state index contributed by atoms with van der Waals surface area (Å²) in [6.45, 7) is 6.14. The molecule has 1 aromatic heterocycles. The molecule has 1 heterocycles. The van der Waals surface area contributed by atoms with E-state index in [1.165, 1.54) is 27.6 Å². The van der Waals surface area contributed by atoms with Crippen LogP contribution in [0.4, 0.5) is 0 Å². The molecule has 94 valence electrons. The zero-order chi connectivity index (χ0) is 13.2. The minimum absolute atomic E-state index is 0.233. The first kappa shape index (κ1) is 11.8. The summed E-state index contributed by atoms with van der Waals surface area (Å²) >= 11 is 0. The van der Waals surface area contributed by atoms with Crippen LogP contribution in [0, 0.1) is 6.92 Å². The van der Waals surface area contributed by atoms with Crippen LogP contribution in [0.5, 0.6) is 0 Å². The van der Waals surface area contributed by atoms with Gasteiger partial charge in [-0.15, -0.1) is 6.58 Å². The van der Waals surface area contributed by atoms with Gasteiger partial charge in [-0.3, -0.25) is 0 Å². The molecule has 0 spiro atoms. The summed E-state index contributed by atoms with van der Waals surface area (Å²) < 4.78 is 0. The molecule has 19 heavy (non-hydrogen) atoms. The van der Waals surface area contributed by atoms with Crippen molar-refractivity contribution in [1.82, 2.24) is 4.98 Å². The number of aromatic nitrogens is 1. The minimum atomic E-state index is 0.233. The molecule has 3 aromatic rings. The van der Waals surface area contributed by atoms with Crippen LogP contribution in [-0.2, 0) is 0 Å². The van der Waals surface area contributed by atoms with Gasteiger partial charge in [-0.05, 0) is 23.6 Å². The molecule has 1 nitrogen and oxygen atoms in total. The number of fused-ring (bicyclic) bond motifs is 1. The molecular formula is C18H17N. The number of allylic oxidation sites excluding steroid dienone is 1. The van der Waals surface area contributed by atoms with Crippen LogP contribution >= 0.6 is 0 Å². The third-order valence-electron chi connectivity index (χ3n) is 3.69. The fourth-order valence-corrected chi connectivity index (χ4v) is 2.69. The molecule has 1 atom stereocenters. The van der Waals surface area contributed by atoms with E-state index in [-0.39, 0.29) is 5.92 Å². The Hall–Kier alpha value is -2.28. The summed E-state index contributed by atoms with van der Waals surface area (Å²) in [4.78, 5) is 3.39. The number of aromatic amines is 1. The molecule has 0 saturated heterocycles. The van der Waals surface area contributed by atoms with Crippen molar-refractivity contribution in [2.45, 2.75) is 12.8 Å². The summed E-state index contributed by atoms with van der Waals surface area (Å²) in [6.07, 6.45) is 4.12. The van der Waals surface area contributed by atoms with E-state index in [0.29, 0.717) is 0 Å². The Morgan fingerprint density at radius 1 is 1.05 bits per heavy atom. The van der Waals surface area contributed by atoms with Crippen LogP contribution in [0.15, 0.2) is 67.4 Å². The lowest BCUT2D eigenvalue weighted by Gasteiger charge is -2.12. The van der Waals surface area contributed by atoms with E-state index in [1.54, 1.807) is 0 Å². The lowest BCUT2D eigenvalue weighted by Crippen LogP contribution is -1.95. The van der Waals surface area contributed by atoms with Crippen molar-refractivity contribution in [3.8, 4) is 0 Å². The molecule has 0 aliphatic rings. The van der Waals surface area contributed by atoms with Gasteiger partial charge in [0.2, 0.25) is 0 Å². The summed E-state index contributed by atoms with van der Waals surface area (Å²) in [7, 11) is 0. The lowest BCUT2D eigenvalue weighted by atomic mass is 9.91. The van der Waals surface area contributed by atoms with Gasteiger partial charge in [0, 0.05) is 23.0 Å². The van der Waals surface area contributed by atoms with Crippen molar-refractivity contribution in [3.63, 3.8) is 0 Å². The normalized spacial score (nSPS) is 12.5. The zero-order valence-corrected chi connectivity index (χ0v) is 11.1. The van der Waals surface area contributed by atoms with E-state index in [2.05, 4.69) is 67.1 Å². The lowest BCUT2D eigenvalue weighted by molar-refractivity contribution is 1.04. The van der Waals surface area contributed by atoms with Crippen LogP contribution < -0.4 is 0 Å². The van der Waals surface area contributed by atoms with Gasteiger partial charge in [-0.1, -0.05) is 54.6 Å². The molecule has 0 amide bonds. The summed E-state index contributed by atoms with van der Waals surface area (Å²) in [5, 5.41) is 1.29. The number of hydrogen-bond acceptors (Lipinski definition) is 0. The zero-order valence-electron chi connectivity index (χ0n) is 11.1. The van der Waals surface area contributed by atoms with Gasteiger partial charge in [-0.25, -0.2) is 0 Å². The number of rotatable bonds is 3. The molecule has 3 rings (SSSR count). The smallest absolute Gasteiger partial charge is 0.0486 e. The third kappa shape index (κ3) is 1.97. The highest BCUT2D eigenvalue weighted by Crippen LogP contribution is 2.32. The van der Waals surface area contributed by atoms with Crippen LogP contribution in [0.25, 0.3) is 10.9 Å². The van der Waals surface area contributed by atoms with Crippen molar-refractivity contribution in [3.05, 3.63) is 84.1 Å². The molecule has 0 aliphatic heterocycles. The molecule has 0 aliphatic carbocycles. The minimum Gasteiger partial charge on any atom is -0.361 e. The molecule has 0 saturated carbocycles. The fourth-order valence-electron chi connectivity index (χ4n) is 2.69. The van der Waals surface area contributed by atoms with Crippen LogP contribution in [0.1, 0.15) is 22.6 Å². The van der Waals surface area contributed by atoms with E-state index >= 15 is 0 Å². The van der Waals surface area contributed by atoms with Crippen molar-refractivity contribution >= 4 is 10.9 Å². The Balaban J connectivity index is 2.18. The van der Waals surface area contributed by atoms with Gasteiger partial charge in [0.25, 0.3) is 0 Å². The number of aryl methyl sites for hydroxylation is 1. The second-order valence-electron chi connectivity index (χ2n) is 4.87. The highest BCUT2D eigenvalue weighted by molar-refractivity contribution is 5.87. The first-order valence-corrected chi connectivity index (χ1v) is 6.55. The molecule has 0 radical (unpaired) electrons. The van der Waals surface area contributed by atoms with Gasteiger partial charge in [0.1, 0.15) is 0 Å². The van der Waals surface area contributed by atoms with Crippen molar-refractivity contribution in [2.24, 2.45) is 0 Å². The average molecular weight is 247 g/mol. The van der Waals surface area contributed by atoms with Crippen LogP contribution in [0.2, 0.25) is 0 Å². The van der Waals surface area contributed by atoms with Crippen molar-refractivity contribution in [2.75, 3.05) is 0 Å². The SMILES string of the molecule is C=C[C@@H](c1ccccc1)c1c[nH]c2c(C)cccc12. The Morgan fingerprint density at radius 3 is 2.58 bits per heavy atom. The topological polar surface area (TPSA) is 15.8 Å². The maximum absolute atomic E-state index is 4.01. The largest absolute Gasteiger partial charge is 0.361 e. The maximum Gasteiger partial charge on any atom is 0.0486 e. The van der Waals surface area contributed by atoms with Gasteiger partial charge in [0.15, 0.2) is 0 Å². The van der Waals surface area contributed by atoms with E-state index < -0.39 is 0 Å². The number of benzene rings is 2. The van der Waals surface area contributed by atoms with Crippen LogP contribution in [0.3, 0.4) is 0 Å². The number of H-pyrrole nitrogens is 1. The molecule has 0 bridgehead atoms. The Morgan fingerprint density at radius 2 is 1.84 bits per heavy atom. The third-order valence-corrected chi connectivity index (χ3v) is 3.69. The second-order valence-corrected chi connectivity index (χ2v) is 4.87. The van der Waals surface area contributed by atoms with Crippen LogP contribution in [-0.4, -0.2) is 4.98 Å². The summed E-state index contributed by atoms with van der Waals surface area (Å²) in [5.41, 5.74) is 5.07. The van der Waals surface area contributed by atoms with Gasteiger partial charge >= 0.3 is 0 Å². The number of para-hydroxylation sites is 1. The standard InChI is InChI=1S/C18H17N/c1-3-15(14-9-5-4-6-10-14)17-12-19-18-13(2)8-7-11-16(17)18/h3-12,15,19H,1H2,2H3/t15-/m0/s1. The molecule has 0 unspecified atom stereocenters. The van der Waals surface area contributed by atoms with E-state index in [1.807, 2.05) is 12.1 Å². The molecule has 0 fully saturated rings. The number of nitrogens with one attached hydrogen (secondary N) is 1. The highest BCUT2D eigenvalue weighted by atomic mass is 14.7.